The summed E-state index contributed by atoms with van der Waals surface area (Å²) in [6, 6.07) is 13.1. The third-order valence-electron chi connectivity index (χ3n) is 3.85. The van der Waals surface area contributed by atoms with Crippen molar-refractivity contribution in [2.24, 2.45) is 0 Å². The molecule has 0 aliphatic carbocycles. The minimum Gasteiger partial charge on any atom is -0.449 e. The zero-order chi connectivity index (χ0) is 18.3. The summed E-state index contributed by atoms with van der Waals surface area (Å²) in [5.74, 6) is -0.729. The maximum Gasteiger partial charge on any atom is 0.291 e. The molecule has 0 fully saturated rings. The van der Waals surface area contributed by atoms with Crippen molar-refractivity contribution >= 4 is 56.7 Å². The van der Waals surface area contributed by atoms with Crippen LogP contribution < -0.4 is 10.7 Å². The number of para-hydroxylation sites is 1. The van der Waals surface area contributed by atoms with Crippen molar-refractivity contribution in [2.75, 3.05) is 5.32 Å². The fourth-order valence-electron chi connectivity index (χ4n) is 2.68. The first kappa shape index (κ1) is 16.6. The van der Waals surface area contributed by atoms with Crippen LogP contribution in [0, 0.1) is 0 Å². The van der Waals surface area contributed by atoms with Crippen LogP contribution >= 0.6 is 23.2 Å². The summed E-state index contributed by atoms with van der Waals surface area (Å²) in [7, 11) is 0. The molecule has 2 aromatic carbocycles. The molecule has 2 heterocycles. The molecule has 0 spiro atoms. The molecular weight excluding hydrogens is 375 g/mol. The van der Waals surface area contributed by atoms with Gasteiger partial charge < -0.3 is 9.73 Å². The number of amides is 1. The van der Waals surface area contributed by atoms with Crippen molar-refractivity contribution in [2.45, 2.75) is 0 Å². The van der Waals surface area contributed by atoms with E-state index >= 15 is 0 Å². The number of aromatic nitrogens is 1. The first-order valence-corrected chi connectivity index (χ1v) is 8.36. The van der Waals surface area contributed by atoms with Gasteiger partial charge in [-0.2, -0.15) is 0 Å². The lowest BCUT2D eigenvalue weighted by Gasteiger charge is -2.08. The number of nitrogens with one attached hydrogen (secondary N) is 1. The van der Waals surface area contributed by atoms with E-state index in [1.54, 1.807) is 18.3 Å². The van der Waals surface area contributed by atoms with Gasteiger partial charge in [0.1, 0.15) is 0 Å². The summed E-state index contributed by atoms with van der Waals surface area (Å²) in [5, 5.41) is 4.28. The van der Waals surface area contributed by atoms with Gasteiger partial charge >= 0.3 is 0 Å². The maximum atomic E-state index is 12.6. The van der Waals surface area contributed by atoms with Crippen molar-refractivity contribution in [3.8, 4) is 0 Å². The van der Waals surface area contributed by atoms with E-state index in [1.807, 2.05) is 18.2 Å². The summed E-state index contributed by atoms with van der Waals surface area (Å²) in [4.78, 5) is 29.2. The Balaban J connectivity index is 1.78. The molecule has 0 radical (unpaired) electrons. The Bertz CT molecular complexity index is 1230. The molecule has 4 rings (SSSR count). The quantitative estimate of drug-likeness (QED) is 0.533. The monoisotopic (exact) mass is 384 g/mol. The summed E-state index contributed by atoms with van der Waals surface area (Å²) in [6.07, 6.45) is 1.64. The number of hydrogen-bond acceptors (Lipinski definition) is 4. The van der Waals surface area contributed by atoms with Crippen LogP contribution in [0.5, 0.6) is 0 Å². The van der Waals surface area contributed by atoms with Gasteiger partial charge in [-0.3, -0.25) is 14.6 Å². The van der Waals surface area contributed by atoms with E-state index < -0.39 is 11.3 Å². The average molecular weight is 385 g/mol. The molecule has 0 saturated carbocycles. The Morgan fingerprint density at radius 2 is 1.88 bits per heavy atom. The number of fused-ring (bicyclic) bond motifs is 2. The maximum absolute atomic E-state index is 12.6. The van der Waals surface area contributed by atoms with Gasteiger partial charge in [0.25, 0.3) is 5.91 Å². The van der Waals surface area contributed by atoms with Gasteiger partial charge in [-0.15, -0.1) is 0 Å². The van der Waals surface area contributed by atoms with Gasteiger partial charge in [-0.1, -0.05) is 41.4 Å². The fraction of sp³-hybridized carbons (Fsp3) is 0. The predicted molar refractivity (Wildman–Crippen MR) is 102 cm³/mol. The zero-order valence-electron chi connectivity index (χ0n) is 13.1. The summed E-state index contributed by atoms with van der Waals surface area (Å²) < 4.78 is 5.55. The molecule has 0 bridgehead atoms. The molecule has 1 N–H and O–H groups in total. The minimum atomic E-state index is -0.576. The molecule has 4 aromatic rings. The van der Waals surface area contributed by atoms with Crippen LogP contribution in [0.3, 0.4) is 0 Å². The molecular formula is C19H10Cl2N2O3. The lowest BCUT2D eigenvalue weighted by atomic mass is 10.2. The topological polar surface area (TPSA) is 72.2 Å². The van der Waals surface area contributed by atoms with Crippen molar-refractivity contribution < 1.29 is 9.21 Å². The molecule has 0 atom stereocenters. The highest BCUT2D eigenvalue weighted by atomic mass is 35.5. The molecule has 26 heavy (non-hydrogen) atoms. The third-order valence-corrected chi connectivity index (χ3v) is 4.35. The van der Waals surface area contributed by atoms with Crippen molar-refractivity contribution in [3.05, 3.63) is 80.8 Å². The second-order valence-corrected chi connectivity index (χ2v) is 6.42. The van der Waals surface area contributed by atoms with Crippen LogP contribution in [0.15, 0.2) is 63.9 Å². The van der Waals surface area contributed by atoms with Crippen molar-refractivity contribution in [1.29, 1.82) is 0 Å². The highest BCUT2D eigenvalue weighted by molar-refractivity contribution is 6.38. The molecule has 5 nitrogen and oxygen atoms in total. The largest absolute Gasteiger partial charge is 0.449 e. The van der Waals surface area contributed by atoms with Gasteiger partial charge in [-0.25, -0.2) is 0 Å². The first-order chi connectivity index (χ1) is 12.5. The fourth-order valence-corrected chi connectivity index (χ4v) is 3.22. The van der Waals surface area contributed by atoms with E-state index in [9.17, 15) is 9.59 Å². The molecule has 0 saturated heterocycles. The molecule has 0 unspecified atom stereocenters. The number of rotatable bonds is 2. The van der Waals surface area contributed by atoms with Gasteiger partial charge in [-0.05, 0) is 24.3 Å². The van der Waals surface area contributed by atoms with E-state index in [0.717, 1.165) is 11.5 Å². The summed E-state index contributed by atoms with van der Waals surface area (Å²) in [6.45, 7) is 0. The molecule has 128 valence electrons. The lowest BCUT2D eigenvalue weighted by Crippen LogP contribution is -2.15. The van der Waals surface area contributed by atoms with Gasteiger partial charge in [0, 0.05) is 22.7 Å². The Morgan fingerprint density at radius 1 is 1.08 bits per heavy atom. The number of pyridine rings is 1. The molecule has 0 aliphatic rings. The van der Waals surface area contributed by atoms with E-state index in [1.165, 1.54) is 12.1 Å². The number of nitrogens with zero attached hydrogens (tertiary/aromatic N) is 1. The van der Waals surface area contributed by atoms with Crippen LogP contribution in [-0.2, 0) is 0 Å². The highest BCUT2D eigenvalue weighted by Crippen LogP contribution is 2.27. The predicted octanol–water partition coefficient (Wildman–Crippen LogP) is 4.90. The molecule has 1 amide bonds. The number of halogens is 2. The Kier molecular flexibility index (Phi) is 4.11. The number of anilines is 1. The Morgan fingerprint density at radius 3 is 2.73 bits per heavy atom. The van der Waals surface area contributed by atoms with E-state index in [2.05, 4.69) is 10.3 Å². The van der Waals surface area contributed by atoms with Crippen LogP contribution in [0.1, 0.15) is 10.6 Å². The standard InChI is InChI=1S/C19H10Cl2N2O3/c20-11-7-12-15(24)9-16(26-18(12)13(21)8-11)19(25)23-14-5-1-3-10-4-2-6-22-17(10)14/h1-9H,(H,23,25). The Hall–Kier alpha value is -2.89. The minimum absolute atomic E-state index is 0.116. The van der Waals surface area contributed by atoms with E-state index in [4.69, 9.17) is 27.6 Å². The highest BCUT2D eigenvalue weighted by Gasteiger charge is 2.16. The lowest BCUT2D eigenvalue weighted by molar-refractivity contribution is 0.0997. The molecule has 7 heteroatoms. The third kappa shape index (κ3) is 2.92. The second-order valence-electron chi connectivity index (χ2n) is 5.57. The van der Waals surface area contributed by atoms with Crippen molar-refractivity contribution in [1.82, 2.24) is 4.98 Å². The number of benzene rings is 2. The van der Waals surface area contributed by atoms with Crippen LogP contribution in [0.25, 0.3) is 21.9 Å². The smallest absolute Gasteiger partial charge is 0.291 e. The number of carbonyl (C=O) groups is 1. The van der Waals surface area contributed by atoms with Crippen molar-refractivity contribution in [3.63, 3.8) is 0 Å². The number of carbonyl (C=O) groups excluding carboxylic acids is 1. The summed E-state index contributed by atoms with van der Waals surface area (Å²) >= 11 is 12.0. The van der Waals surface area contributed by atoms with E-state index in [-0.39, 0.29) is 21.8 Å². The van der Waals surface area contributed by atoms with Gasteiger partial charge in [0.2, 0.25) is 0 Å². The zero-order valence-corrected chi connectivity index (χ0v) is 14.6. The SMILES string of the molecule is O=C(Nc1cccc2cccnc12)c1cc(=O)c2cc(Cl)cc(Cl)c2o1. The second kappa shape index (κ2) is 6.44. The van der Waals surface area contributed by atoms with Crippen LogP contribution in [-0.4, -0.2) is 10.9 Å². The Labute approximate surface area is 157 Å². The van der Waals surface area contributed by atoms with Gasteiger partial charge in [0.15, 0.2) is 16.8 Å². The number of hydrogen-bond donors (Lipinski definition) is 1. The molecule has 0 aliphatic heterocycles. The average Bonchev–Trinajstić information content (AvgIpc) is 2.62. The first-order valence-electron chi connectivity index (χ1n) is 7.61. The normalized spacial score (nSPS) is 11.0. The van der Waals surface area contributed by atoms with E-state index in [0.29, 0.717) is 16.2 Å². The van der Waals surface area contributed by atoms with Crippen LogP contribution in [0.2, 0.25) is 10.0 Å². The van der Waals surface area contributed by atoms with Crippen LogP contribution in [0.4, 0.5) is 5.69 Å². The summed E-state index contributed by atoms with van der Waals surface area (Å²) in [5.41, 5.74) is 0.857. The molecule has 2 aromatic heterocycles. The van der Waals surface area contributed by atoms with Gasteiger partial charge in [0.05, 0.1) is 21.6 Å².